The second-order valence-corrected chi connectivity index (χ2v) is 6.65. The molecule has 3 aliphatic rings. The Bertz CT molecular complexity index is 380. The van der Waals surface area contributed by atoms with Crippen molar-refractivity contribution >= 4 is 5.91 Å². The van der Waals surface area contributed by atoms with Gasteiger partial charge in [0.2, 0.25) is 5.91 Å². The molecule has 3 aliphatic carbocycles. The molecule has 3 heteroatoms. The highest BCUT2D eigenvalue weighted by Crippen LogP contribution is 2.57. The van der Waals surface area contributed by atoms with E-state index >= 15 is 0 Å². The quantitative estimate of drug-likeness (QED) is 0.814. The number of nitrogens with zero attached hydrogens (tertiary/aromatic N) is 1. The molecular weight excluding hydrogens is 224 g/mol. The van der Waals surface area contributed by atoms with Crippen LogP contribution in [-0.2, 0) is 4.79 Å². The predicted molar refractivity (Wildman–Crippen MR) is 68.4 cm³/mol. The third-order valence-corrected chi connectivity index (χ3v) is 5.41. The van der Waals surface area contributed by atoms with Crippen LogP contribution < -0.4 is 5.32 Å². The van der Waals surface area contributed by atoms with Crippen molar-refractivity contribution in [3.05, 3.63) is 0 Å². The molecule has 0 aromatic rings. The number of nitriles is 1. The van der Waals surface area contributed by atoms with Crippen LogP contribution in [0.5, 0.6) is 0 Å². The molecule has 0 heterocycles. The lowest BCUT2D eigenvalue weighted by atomic mass is 9.78. The Hall–Kier alpha value is -1.04. The van der Waals surface area contributed by atoms with Crippen LogP contribution in [0, 0.1) is 35.0 Å². The average Bonchev–Trinajstić information content (AvgIpc) is 2.87. The number of amides is 1. The third-order valence-electron chi connectivity index (χ3n) is 5.41. The topological polar surface area (TPSA) is 52.9 Å². The summed E-state index contributed by atoms with van der Waals surface area (Å²) in [6, 6.07) is 2.39. The molecule has 3 saturated carbocycles. The maximum atomic E-state index is 12.3. The van der Waals surface area contributed by atoms with Crippen molar-refractivity contribution in [2.75, 3.05) is 0 Å². The van der Waals surface area contributed by atoms with Crippen LogP contribution in [0.15, 0.2) is 0 Å². The van der Waals surface area contributed by atoms with E-state index < -0.39 is 5.54 Å². The molecule has 3 nitrogen and oxygen atoms in total. The first-order chi connectivity index (χ1) is 8.65. The van der Waals surface area contributed by atoms with Crippen LogP contribution >= 0.6 is 0 Å². The fourth-order valence-corrected chi connectivity index (χ4v) is 4.05. The SMILES string of the molecule is CC1CCC(C#N)(NC(=O)C2C3CCCC32)CC1. The number of nitrogens with one attached hydrogen (secondary N) is 1. The van der Waals surface area contributed by atoms with Crippen molar-refractivity contribution < 1.29 is 4.79 Å². The molecule has 0 aliphatic heterocycles. The maximum Gasteiger partial charge on any atom is 0.224 e. The fourth-order valence-electron chi connectivity index (χ4n) is 4.05. The lowest BCUT2D eigenvalue weighted by Gasteiger charge is -2.34. The van der Waals surface area contributed by atoms with Gasteiger partial charge in [-0.3, -0.25) is 4.79 Å². The zero-order valence-corrected chi connectivity index (χ0v) is 11.1. The van der Waals surface area contributed by atoms with E-state index in [1.165, 1.54) is 19.3 Å². The first-order valence-corrected chi connectivity index (χ1v) is 7.38. The highest BCUT2D eigenvalue weighted by molar-refractivity contribution is 5.83. The minimum absolute atomic E-state index is 0.167. The van der Waals surface area contributed by atoms with Crippen molar-refractivity contribution in [1.82, 2.24) is 5.32 Å². The highest BCUT2D eigenvalue weighted by atomic mass is 16.2. The summed E-state index contributed by atoms with van der Waals surface area (Å²) in [6.07, 6.45) is 7.52. The van der Waals surface area contributed by atoms with Gasteiger partial charge in [0.05, 0.1) is 6.07 Å². The summed E-state index contributed by atoms with van der Waals surface area (Å²) >= 11 is 0. The summed E-state index contributed by atoms with van der Waals surface area (Å²) in [5, 5.41) is 12.5. The Morgan fingerprint density at radius 1 is 1.22 bits per heavy atom. The normalized spacial score (nSPS) is 46.0. The molecule has 2 atom stereocenters. The third kappa shape index (κ3) is 1.92. The highest BCUT2D eigenvalue weighted by Gasteiger charge is 2.57. The fraction of sp³-hybridized carbons (Fsp3) is 0.867. The van der Waals surface area contributed by atoms with Gasteiger partial charge in [-0.2, -0.15) is 5.26 Å². The molecule has 0 radical (unpaired) electrons. The standard InChI is InChI=1S/C15H22N2O/c1-10-5-7-15(9-16,8-6-10)17-14(18)13-11-3-2-4-12(11)13/h10-13H,2-8H2,1H3,(H,17,18). The van der Waals surface area contributed by atoms with Gasteiger partial charge in [-0.15, -0.1) is 0 Å². The molecule has 0 spiro atoms. The number of carbonyl (C=O) groups is 1. The predicted octanol–water partition coefficient (Wildman–Crippen LogP) is 2.62. The minimum Gasteiger partial charge on any atom is -0.338 e. The van der Waals surface area contributed by atoms with Crippen LogP contribution in [-0.4, -0.2) is 11.4 Å². The largest absolute Gasteiger partial charge is 0.338 e. The lowest BCUT2D eigenvalue weighted by molar-refractivity contribution is -0.124. The monoisotopic (exact) mass is 246 g/mol. The van der Waals surface area contributed by atoms with E-state index in [0.29, 0.717) is 17.8 Å². The van der Waals surface area contributed by atoms with E-state index in [1.54, 1.807) is 0 Å². The van der Waals surface area contributed by atoms with Crippen molar-refractivity contribution in [3.63, 3.8) is 0 Å². The second kappa shape index (κ2) is 4.26. The smallest absolute Gasteiger partial charge is 0.224 e. The Balaban J connectivity index is 1.61. The zero-order chi connectivity index (χ0) is 12.8. The van der Waals surface area contributed by atoms with Crippen molar-refractivity contribution in [2.45, 2.75) is 57.4 Å². The van der Waals surface area contributed by atoms with Crippen LogP contribution in [0.4, 0.5) is 0 Å². The molecule has 98 valence electrons. The molecule has 3 rings (SSSR count). The second-order valence-electron chi connectivity index (χ2n) is 6.65. The van der Waals surface area contributed by atoms with E-state index in [4.69, 9.17) is 0 Å². The van der Waals surface area contributed by atoms with Gasteiger partial charge < -0.3 is 5.32 Å². The summed E-state index contributed by atoms with van der Waals surface area (Å²) in [4.78, 5) is 12.3. The number of fused-ring (bicyclic) bond motifs is 1. The lowest BCUT2D eigenvalue weighted by Crippen LogP contribution is -2.50. The molecular formula is C15H22N2O. The molecule has 3 fully saturated rings. The molecule has 1 amide bonds. The van der Waals surface area contributed by atoms with Gasteiger partial charge in [0.15, 0.2) is 0 Å². The average molecular weight is 246 g/mol. The van der Waals surface area contributed by atoms with E-state index in [9.17, 15) is 10.1 Å². The van der Waals surface area contributed by atoms with Crippen LogP contribution in [0.1, 0.15) is 51.9 Å². The molecule has 18 heavy (non-hydrogen) atoms. The van der Waals surface area contributed by atoms with Gasteiger partial charge in [-0.1, -0.05) is 13.3 Å². The molecule has 0 bridgehead atoms. The number of rotatable bonds is 2. The van der Waals surface area contributed by atoms with Crippen LogP contribution in [0.25, 0.3) is 0 Å². The van der Waals surface area contributed by atoms with E-state index in [-0.39, 0.29) is 11.8 Å². The summed E-state index contributed by atoms with van der Waals surface area (Å²) in [7, 11) is 0. The molecule has 0 aromatic carbocycles. The Kier molecular flexibility index (Phi) is 2.84. The van der Waals surface area contributed by atoms with E-state index in [1.807, 2.05) is 0 Å². The van der Waals surface area contributed by atoms with E-state index in [2.05, 4.69) is 18.3 Å². The van der Waals surface area contributed by atoms with E-state index in [0.717, 1.165) is 25.7 Å². The first-order valence-electron chi connectivity index (χ1n) is 7.38. The zero-order valence-electron chi connectivity index (χ0n) is 11.1. The van der Waals surface area contributed by atoms with Crippen LogP contribution in [0.2, 0.25) is 0 Å². The Morgan fingerprint density at radius 3 is 2.39 bits per heavy atom. The summed E-state index contributed by atoms with van der Waals surface area (Å²) in [5.41, 5.74) is -0.555. The number of hydrogen-bond donors (Lipinski definition) is 1. The minimum atomic E-state index is -0.555. The molecule has 2 unspecified atom stereocenters. The van der Waals surface area contributed by atoms with Gasteiger partial charge in [-0.25, -0.2) is 0 Å². The molecule has 1 N–H and O–H groups in total. The van der Waals surface area contributed by atoms with Gasteiger partial charge in [0, 0.05) is 5.92 Å². The summed E-state index contributed by atoms with van der Waals surface area (Å²) in [5.74, 6) is 2.39. The Morgan fingerprint density at radius 2 is 1.83 bits per heavy atom. The van der Waals surface area contributed by atoms with Gasteiger partial charge in [0.25, 0.3) is 0 Å². The Labute approximate surface area is 109 Å². The van der Waals surface area contributed by atoms with Gasteiger partial charge >= 0.3 is 0 Å². The van der Waals surface area contributed by atoms with Crippen molar-refractivity contribution in [2.24, 2.45) is 23.7 Å². The first kappa shape index (κ1) is 12.0. The number of hydrogen-bond acceptors (Lipinski definition) is 2. The van der Waals surface area contributed by atoms with Gasteiger partial charge in [0.1, 0.15) is 5.54 Å². The number of carbonyl (C=O) groups excluding carboxylic acids is 1. The van der Waals surface area contributed by atoms with Crippen molar-refractivity contribution in [3.8, 4) is 6.07 Å². The molecule has 0 aromatic heterocycles. The van der Waals surface area contributed by atoms with Crippen molar-refractivity contribution in [1.29, 1.82) is 5.26 Å². The maximum absolute atomic E-state index is 12.3. The van der Waals surface area contributed by atoms with Crippen LogP contribution in [0.3, 0.4) is 0 Å². The summed E-state index contributed by atoms with van der Waals surface area (Å²) in [6.45, 7) is 2.23. The molecule has 0 saturated heterocycles. The summed E-state index contributed by atoms with van der Waals surface area (Å²) < 4.78 is 0. The van der Waals surface area contributed by atoms with Gasteiger partial charge in [-0.05, 0) is 56.3 Å².